The van der Waals surface area contributed by atoms with Crippen LogP contribution in [0.1, 0.15) is 111 Å². The van der Waals surface area contributed by atoms with Gasteiger partial charge in [0.1, 0.15) is 0 Å². The van der Waals surface area contributed by atoms with Crippen LogP contribution in [0.2, 0.25) is 0 Å². The van der Waals surface area contributed by atoms with E-state index < -0.39 is 0 Å². The van der Waals surface area contributed by atoms with E-state index in [4.69, 9.17) is 4.74 Å². The molecule has 0 aliphatic heterocycles. The number of esters is 1. The fourth-order valence-corrected chi connectivity index (χ4v) is 2.60. The lowest BCUT2D eigenvalue weighted by atomic mass is 10.1. The molecule has 0 aromatic heterocycles. The highest BCUT2D eigenvalue weighted by Gasteiger charge is 2.08. The molecule has 2 nitrogen and oxygen atoms in total. The van der Waals surface area contributed by atoms with Crippen molar-refractivity contribution in [3.05, 3.63) is 0 Å². The minimum Gasteiger partial charge on any atom is -0.463 e. The second-order valence-electron chi connectivity index (χ2n) is 6.37. The first kappa shape index (κ1) is 20.5. The topological polar surface area (TPSA) is 26.3 Å². The first-order valence-electron chi connectivity index (χ1n) is 9.40. The average molecular weight is 299 g/mol. The highest BCUT2D eigenvalue weighted by atomic mass is 16.5. The molecule has 0 saturated carbocycles. The molecule has 0 amide bonds. The lowest BCUT2D eigenvalue weighted by molar-refractivity contribution is -0.148. The zero-order valence-corrected chi connectivity index (χ0v) is 14.8. The second kappa shape index (κ2) is 15.9. The van der Waals surface area contributed by atoms with Crippen molar-refractivity contribution in [3.8, 4) is 0 Å². The van der Waals surface area contributed by atoms with Gasteiger partial charge in [-0.15, -0.1) is 0 Å². The van der Waals surface area contributed by atoms with Gasteiger partial charge < -0.3 is 4.74 Å². The van der Waals surface area contributed by atoms with Gasteiger partial charge in [-0.1, -0.05) is 78.1 Å². The third-order valence-corrected chi connectivity index (χ3v) is 4.03. The Hall–Kier alpha value is -0.530. The zero-order chi connectivity index (χ0) is 15.8. The van der Waals surface area contributed by atoms with Crippen LogP contribution in [-0.4, -0.2) is 12.1 Å². The van der Waals surface area contributed by atoms with Crippen molar-refractivity contribution in [2.75, 3.05) is 0 Å². The molecule has 0 saturated heterocycles. The highest BCUT2D eigenvalue weighted by molar-refractivity contribution is 5.69. The summed E-state index contributed by atoms with van der Waals surface area (Å²) >= 11 is 0. The largest absolute Gasteiger partial charge is 0.463 e. The smallest absolute Gasteiger partial charge is 0.306 e. The molecular formula is C19H38O2. The predicted octanol–water partition coefficient (Wildman–Crippen LogP) is 6.42. The minimum atomic E-state index is 0.00368. The summed E-state index contributed by atoms with van der Waals surface area (Å²) in [6.45, 7) is 6.49. The Morgan fingerprint density at radius 2 is 1.24 bits per heavy atom. The third-order valence-electron chi connectivity index (χ3n) is 4.03. The Labute approximate surface area is 133 Å². The summed E-state index contributed by atoms with van der Waals surface area (Å²) in [4.78, 5) is 11.7. The third kappa shape index (κ3) is 15.7. The van der Waals surface area contributed by atoms with Crippen molar-refractivity contribution in [3.63, 3.8) is 0 Å². The lowest BCUT2D eigenvalue weighted by Crippen LogP contribution is -2.14. The molecule has 0 aliphatic rings. The van der Waals surface area contributed by atoms with Crippen molar-refractivity contribution in [2.45, 2.75) is 117 Å². The van der Waals surface area contributed by atoms with Gasteiger partial charge in [-0.3, -0.25) is 4.79 Å². The Bertz CT molecular complexity index is 226. The van der Waals surface area contributed by atoms with Crippen LogP contribution in [-0.2, 0) is 9.53 Å². The van der Waals surface area contributed by atoms with Gasteiger partial charge in [0, 0.05) is 6.42 Å². The van der Waals surface area contributed by atoms with E-state index in [-0.39, 0.29) is 12.1 Å². The molecule has 0 bridgehead atoms. The number of ether oxygens (including phenoxy) is 1. The first-order valence-corrected chi connectivity index (χ1v) is 9.40. The number of unbranched alkanes of at least 4 members (excludes halogenated alkanes) is 10. The van der Waals surface area contributed by atoms with Gasteiger partial charge in [0.2, 0.25) is 0 Å². The van der Waals surface area contributed by atoms with Gasteiger partial charge >= 0.3 is 5.97 Å². The molecule has 1 atom stereocenters. The SMILES string of the molecule is CCCCCCCCCCC(=O)O[C@@H](C)CCCCCC. The van der Waals surface area contributed by atoms with Gasteiger partial charge in [0.15, 0.2) is 0 Å². The van der Waals surface area contributed by atoms with E-state index in [9.17, 15) is 4.79 Å². The molecular weight excluding hydrogens is 260 g/mol. The van der Waals surface area contributed by atoms with Crippen molar-refractivity contribution in [1.29, 1.82) is 0 Å². The number of carbonyl (C=O) groups is 1. The Morgan fingerprint density at radius 1 is 0.762 bits per heavy atom. The van der Waals surface area contributed by atoms with Crippen molar-refractivity contribution >= 4 is 5.97 Å². The maximum absolute atomic E-state index is 11.7. The summed E-state index contributed by atoms with van der Waals surface area (Å²) in [5.41, 5.74) is 0. The Kier molecular flexibility index (Phi) is 15.5. The van der Waals surface area contributed by atoms with Crippen LogP contribution in [0.25, 0.3) is 0 Å². The van der Waals surface area contributed by atoms with Crippen LogP contribution >= 0.6 is 0 Å². The standard InChI is InChI=1S/C19H38O2/c1-4-6-8-10-11-12-13-15-17-19(20)21-18(3)16-14-9-7-5-2/h18H,4-17H2,1-3H3/t18-/m0/s1. The van der Waals surface area contributed by atoms with Crippen molar-refractivity contribution in [2.24, 2.45) is 0 Å². The monoisotopic (exact) mass is 298 g/mol. The second-order valence-corrected chi connectivity index (χ2v) is 6.37. The van der Waals surface area contributed by atoms with Crippen LogP contribution in [0.3, 0.4) is 0 Å². The summed E-state index contributed by atoms with van der Waals surface area (Å²) in [5.74, 6) is 0.00368. The maximum Gasteiger partial charge on any atom is 0.306 e. The minimum absolute atomic E-state index is 0.00368. The summed E-state index contributed by atoms with van der Waals surface area (Å²) in [7, 11) is 0. The molecule has 0 heterocycles. The van der Waals surface area contributed by atoms with Gasteiger partial charge in [0.25, 0.3) is 0 Å². The molecule has 0 aliphatic carbocycles. The van der Waals surface area contributed by atoms with E-state index in [0.29, 0.717) is 6.42 Å². The fraction of sp³-hybridized carbons (Fsp3) is 0.947. The molecule has 0 fully saturated rings. The molecule has 0 radical (unpaired) electrons. The van der Waals surface area contributed by atoms with Gasteiger partial charge in [-0.2, -0.15) is 0 Å². The molecule has 0 rings (SSSR count). The van der Waals surface area contributed by atoms with Crippen LogP contribution in [0.5, 0.6) is 0 Å². The molecule has 21 heavy (non-hydrogen) atoms. The molecule has 0 spiro atoms. The van der Waals surface area contributed by atoms with Crippen LogP contribution < -0.4 is 0 Å². The lowest BCUT2D eigenvalue weighted by Gasteiger charge is -2.13. The van der Waals surface area contributed by atoms with E-state index >= 15 is 0 Å². The molecule has 126 valence electrons. The Balaban J connectivity index is 3.32. The molecule has 0 aromatic rings. The number of hydrogen-bond acceptors (Lipinski definition) is 2. The molecule has 0 N–H and O–H groups in total. The van der Waals surface area contributed by atoms with E-state index in [1.807, 2.05) is 6.92 Å². The summed E-state index contributed by atoms with van der Waals surface area (Å²) in [6.07, 6.45) is 16.9. The predicted molar refractivity (Wildman–Crippen MR) is 91.5 cm³/mol. The van der Waals surface area contributed by atoms with Gasteiger partial charge in [0.05, 0.1) is 6.10 Å². The van der Waals surface area contributed by atoms with E-state index in [2.05, 4.69) is 13.8 Å². The van der Waals surface area contributed by atoms with Crippen LogP contribution in [0.15, 0.2) is 0 Å². The molecule has 2 heteroatoms. The zero-order valence-electron chi connectivity index (χ0n) is 14.8. The van der Waals surface area contributed by atoms with Crippen molar-refractivity contribution in [1.82, 2.24) is 0 Å². The van der Waals surface area contributed by atoms with Gasteiger partial charge in [-0.25, -0.2) is 0 Å². The maximum atomic E-state index is 11.7. The van der Waals surface area contributed by atoms with E-state index in [1.165, 1.54) is 70.6 Å². The summed E-state index contributed by atoms with van der Waals surface area (Å²) in [5, 5.41) is 0. The summed E-state index contributed by atoms with van der Waals surface area (Å²) < 4.78 is 5.45. The van der Waals surface area contributed by atoms with Crippen molar-refractivity contribution < 1.29 is 9.53 Å². The quantitative estimate of drug-likeness (QED) is 0.257. The fourth-order valence-electron chi connectivity index (χ4n) is 2.60. The van der Waals surface area contributed by atoms with Crippen LogP contribution in [0, 0.1) is 0 Å². The first-order chi connectivity index (χ1) is 10.2. The number of carbonyl (C=O) groups excluding carboxylic acids is 1. The van der Waals surface area contributed by atoms with E-state index in [0.717, 1.165) is 12.8 Å². The molecule has 0 unspecified atom stereocenters. The number of rotatable bonds is 15. The highest BCUT2D eigenvalue weighted by Crippen LogP contribution is 2.12. The van der Waals surface area contributed by atoms with Crippen LogP contribution in [0.4, 0.5) is 0 Å². The Morgan fingerprint density at radius 3 is 1.81 bits per heavy atom. The average Bonchev–Trinajstić information content (AvgIpc) is 2.46. The number of hydrogen-bond donors (Lipinski definition) is 0. The molecule has 0 aromatic carbocycles. The summed E-state index contributed by atoms with van der Waals surface area (Å²) in [6, 6.07) is 0. The normalized spacial score (nSPS) is 12.3. The van der Waals surface area contributed by atoms with E-state index in [1.54, 1.807) is 0 Å². The van der Waals surface area contributed by atoms with Gasteiger partial charge in [-0.05, 0) is 26.2 Å².